The second-order valence-electron chi connectivity index (χ2n) is 18.9. The number of amides is 4. The number of nitrogens with one attached hydrogen (secondary N) is 4. The lowest BCUT2D eigenvalue weighted by atomic mass is 10.0. The molecule has 2 aliphatic rings. The first-order chi connectivity index (χ1) is 29.3. The summed E-state index contributed by atoms with van der Waals surface area (Å²) in [6.07, 6.45) is 5.58. The van der Waals surface area contributed by atoms with Crippen LogP contribution in [-0.2, 0) is 19.1 Å². The van der Waals surface area contributed by atoms with Crippen LogP contribution in [0.25, 0.3) is 22.5 Å². The zero-order valence-electron chi connectivity index (χ0n) is 37.7. The fourth-order valence-corrected chi connectivity index (χ4v) is 7.80. The van der Waals surface area contributed by atoms with E-state index < -0.39 is 35.5 Å². The summed E-state index contributed by atoms with van der Waals surface area (Å²) >= 11 is 0. The van der Waals surface area contributed by atoms with Crippen LogP contribution >= 0.6 is 0 Å². The van der Waals surface area contributed by atoms with E-state index in [4.69, 9.17) is 9.47 Å². The number of rotatable bonds is 10. The number of imidazole rings is 2. The Morgan fingerprint density at radius 1 is 0.629 bits per heavy atom. The van der Waals surface area contributed by atoms with Crippen molar-refractivity contribution in [3.05, 3.63) is 83.7 Å². The van der Waals surface area contributed by atoms with Crippen LogP contribution in [0.3, 0.4) is 0 Å². The lowest BCUT2D eigenvalue weighted by Gasteiger charge is -2.31. The Morgan fingerprint density at radius 2 is 0.984 bits per heavy atom. The highest BCUT2D eigenvalue weighted by Crippen LogP contribution is 2.34. The summed E-state index contributed by atoms with van der Waals surface area (Å²) < 4.78 is 10.9. The third-order valence-corrected chi connectivity index (χ3v) is 10.8. The number of aromatic nitrogens is 4. The molecule has 2 fully saturated rings. The van der Waals surface area contributed by atoms with Crippen molar-refractivity contribution < 1.29 is 28.7 Å². The van der Waals surface area contributed by atoms with Gasteiger partial charge in [0.15, 0.2) is 0 Å². The number of benzene rings is 2. The first-order valence-electron chi connectivity index (χ1n) is 21.7. The Morgan fingerprint density at radius 3 is 1.31 bits per heavy atom. The summed E-state index contributed by atoms with van der Waals surface area (Å²) in [5.41, 5.74) is 3.95. The zero-order chi connectivity index (χ0) is 44.9. The van der Waals surface area contributed by atoms with E-state index >= 15 is 0 Å². The largest absolute Gasteiger partial charge is 0.444 e. The normalized spacial score (nSPS) is 17.7. The predicted octanol–water partition coefficient (Wildman–Crippen LogP) is 8.29. The van der Waals surface area contributed by atoms with Crippen LogP contribution in [-0.4, -0.2) is 90.1 Å². The maximum Gasteiger partial charge on any atom is 0.408 e. The molecule has 4 N–H and O–H groups in total. The van der Waals surface area contributed by atoms with Gasteiger partial charge in [-0.1, -0.05) is 63.8 Å². The maximum atomic E-state index is 13.8. The van der Waals surface area contributed by atoms with Crippen LogP contribution in [0.2, 0.25) is 0 Å². The highest BCUT2D eigenvalue weighted by molar-refractivity contribution is 5.87. The first kappa shape index (κ1) is 45.4. The smallest absolute Gasteiger partial charge is 0.408 e. The molecule has 0 radical (unpaired) electrons. The Labute approximate surface area is 365 Å². The van der Waals surface area contributed by atoms with E-state index in [9.17, 15) is 19.2 Å². The SMILES string of the molecule is CC(C)C(NC(=O)OC(C)(C)C)C(=O)N1CCCC1c1ncc(-c2ccc(C#Cc3ccc(-c4cnc(C5CCCN5C(=O)C(NC(=O)OC(C)(C)C)C(C)C)[nH]4)cc3)cc2)[nH]1. The summed E-state index contributed by atoms with van der Waals surface area (Å²) in [5, 5.41) is 5.59. The van der Waals surface area contributed by atoms with E-state index in [1.807, 2.05) is 86.0 Å². The van der Waals surface area contributed by atoms with Crippen molar-refractivity contribution in [3.63, 3.8) is 0 Å². The summed E-state index contributed by atoms with van der Waals surface area (Å²) in [6, 6.07) is 14.0. The number of carbonyl (C=O) groups is 4. The molecule has 4 unspecified atom stereocenters. The molecule has 2 aromatic heterocycles. The van der Waals surface area contributed by atoms with Crippen molar-refractivity contribution in [1.82, 2.24) is 40.4 Å². The van der Waals surface area contributed by atoms with E-state index in [1.54, 1.807) is 53.9 Å². The van der Waals surface area contributed by atoms with Crippen molar-refractivity contribution in [2.45, 2.75) is 130 Å². The van der Waals surface area contributed by atoms with E-state index in [0.29, 0.717) is 24.7 Å². The maximum absolute atomic E-state index is 13.8. The lowest BCUT2D eigenvalue weighted by molar-refractivity contribution is -0.136. The fraction of sp³-hybridized carbons (Fsp3) is 0.500. The van der Waals surface area contributed by atoms with E-state index in [1.165, 1.54) is 0 Å². The molecule has 2 aliphatic heterocycles. The van der Waals surface area contributed by atoms with Gasteiger partial charge in [0.2, 0.25) is 11.8 Å². The lowest BCUT2D eigenvalue weighted by Crippen LogP contribution is -2.52. The molecule has 0 aliphatic carbocycles. The zero-order valence-corrected chi connectivity index (χ0v) is 37.7. The molecule has 6 rings (SSSR count). The number of likely N-dealkylation sites (tertiary alicyclic amines) is 2. The molecule has 14 nitrogen and oxygen atoms in total. The molecule has 62 heavy (non-hydrogen) atoms. The Hall–Kier alpha value is -6.10. The van der Waals surface area contributed by atoms with Crippen molar-refractivity contribution >= 4 is 24.0 Å². The van der Waals surface area contributed by atoms with Gasteiger partial charge in [-0.15, -0.1) is 0 Å². The van der Waals surface area contributed by atoms with Crippen LogP contribution in [0.4, 0.5) is 9.59 Å². The molecular weight excluding hydrogens is 785 g/mol. The van der Waals surface area contributed by atoms with Crippen LogP contribution in [0.1, 0.15) is 130 Å². The number of carbonyl (C=O) groups excluding carboxylic acids is 4. The Balaban J connectivity index is 1.06. The first-order valence-corrected chi connectivity index (χ1v) is 21.7. The number of alkyl carbamates (subject to hydrolysis) is 2. The van der Waals surface area contributed by atoms with Gasteiger partial charge in [0.1, 0.15) is 34.9 Å². The fourth-order valence-electron chi connectivity index (χ4n) is 7.80. The average molecular weight is 847 g/mol. The van der Waals surface area contributed by atoms with Crippen molar-refractivity contribution in [2.75, 3.05) is 13.1 Å². The van der Waals surface area contributed by atoms with Gasteiger partial charge in [-0.3, -0.25) is 9.59 Å². The molecule has 0 bridgehead atoms. The standard InChI is InChI=1S/C48H62N8O6/c1-29(2)39(53-45(59)61-47(5,6)7)43(57)55-25-11-13-37(55)41-49-27-35(51-41)33-21-17-31(18-22-33)15-16-32-19-23-34(24-20-32)36-28-50-42(52-36)38-14-12-26-56(38)44(58)40(30(3)4)54-46(60)62-48(8,9)10/h17-24,27-30,37-40H,11-14,25-26H2,1-10H3,(H,49,51)(H,50,52)(H,53,59)(H,54,60). The van der Waals surface area contributed by atoms with Gasteiger partial charge in [-0.25, -0.2) is 19.6 Å². The Bertz CT molecular complexity index is 2110. The molecular formula is C48H62N8O6. The molecule has 4 heterocycles. The van der Waals surface area contributed by atoms with E-state index in [-0.39, 0.29) is 35.7 Å². The number of hydrogen-bond donors (Lipinski definition) is 4. The van der Waals surface area contributed by atoms with Crippen molar-refractivity contribution in [1.29, 1.82) is 0 Å². The second-order valence-corrected chi connectivity index (χ2v) is 18.9. The summed E-state index contributed by atoms with van der Waals surface area (Å²) in [5.74, 6) is 7.39. The number of hydrogen-bond acceptors (Lipinski definition) is 8. The summed E-state index contributed by atoms with van der Waals surface area (Å²) in [4.78, 5) is 72.5. The summed E-state index contributed by atoms with van der Waals surface area (Å²) in [6.45, 7) is 19.6. The van der Waals surface area contributed by atoms with E-state index in [0.717, 1.165) is 59.3 Å². The monoisotopic (exact) mass is 846 g/mol. The molecule has 2 saturated heterocycles. The predicted molar refractivity (Wildman–Crippen MR) is 237 cm³/mol. The average Bonchev–Trinajstić information content (AvgIpc) is 4.03. The Kier molecular flexibility index (Phi) is 13.8. The van der Waals surface area contributed by atoms with E-state index in [2.05, 4.69) is 42.4 Å². The van der Waals surface area contributed by atoms with Crippen molar-refractivity contribution in [2.24, 2.45) is 11.8 Å². The molecule has 4 atom stereocenters. The molecule has 4 aromatic rings. The van der Waals surface area contributed by atoms with Crippen LogP contribution in [0.5, 0.6) is 0 Å². The number of H-pyrrole nitrogens is 2. The molecule has 2 aromatic carbocycles. The summed E-state index contributed by atoms with van der Waals surface area (Å²) in [7, 11) is 0. The van der Waals surface area contributed by atoms with Gasteiger partial charge in [-0.05, 0) is 114 Å². The topological polar surface area (TPSA) is 175 Å². The van der Waals surface area contributed by atoms with Crippen LogP contribution in [0, 0.1) is 23.7 Å². The minimum Gasteiger partial charge on any atom is -0.444 e. The molecule has 330 valence electrons. The minimum atomic E-state index is -0.717. The van der Waals surface area contributed by atoms with Gasteiger partial charge >= 0.3 is 12.2 Å². The highest BCUT2D eigenvalue weighted by atomic mass is 16.6. The molecule has 0 saturated carbocycles. The number of ether oxygens (including phenoxy) is 2. The van der Waals surface area contributed by atoms with Gasteiger partial charge in [0.05, 0.1) is 35.9 Å². The minimum absolute atomic E-state index is 0.128. The highest BCUT2D eigenvalue weighted by Gasteiger charge is 2.39. The van der Waals surface area contributed by atoms with Gasteiger partial charge in [0.25, 0.3) is 0 Å². The number of nitrogens with zero attached hydrogens (tertiary/aromatic N) is 4. The molecule has 14 heteroatoms. The van der Waals surface area contributed by atoms with Gasteiger partial charge in [0, 0.05) is 24.2 Å². The number of aromatic amines is 2. The van der Waals surface area contributed by atoms with Crippen LogP contribution in [0.15, 0.2) is 60.9 Å². The van der Waals surface area contributed by atoms with Crippen molar-refractivity contribution in [3.8, 4) is 34.4 Å². The van der Waals surface area contributed by atoms with Crippen LogP contribution < -0.4 is 10.6 Å². The third-order valence-electron chi connectivity index (χ3n) is 10.8. The van der Waals surface area contributed by atoms with Gasteiger partial charge < -0.3 is 39.9 Å². The molecule has 0 spiro atoms. The second kappa shape index (κ2) is 18.9. The molecule has 4 amide bonds. The van der Waals surface area contributed by atoms with Gasteiger partial charge in [-0.2, -0.15) is 0 Å². The quantitative estimate of drug-likeness (QED) is 0.115. The third kappa shape index (κ3) is 11.4.